The summed E-state index contributed by atoms with van der Waals surface area (Å²) in [5.41, 5.74) is 2.06. The molecule has 0 bridgehead atoms. The SMILES string of the molecule is Cc1cccnc1CNC(=O)c1coc(COc2ccccc2)n1. The number of pyridine rings is 1. The number of carbonyl (C=O) groups excluding carboxylic acids is 1. The molecule has 122 valence electrons. The molecule has 24 heavy (non-hydrogen) atoms. The summed E-state index contributed by atoms with van der Waals surface area (Å²) in [4.78, 5) is 20.5. The molecule has 0 spiro atoms. The van der Waals surface area contributed by atoms with Gasteiger partial charge in [0.25, 0.3) is 5.91 Å². The van der Waals surface area contributed by atoms with Crippen LogP contribution in [0.25, 0.3) is 0 Å². The molecule has 0 saturated carbocycles. The standard InChI is InChI=1S/C18H17N3O3/c1-13-6-5-9-19-15(13)10-20-18(22)16-11-24-17(21-16)12-23-14-7-3-2-4-8-14/h2-9,11H,10,12H2,1H3,(H,20,22). The molecule has 0 radical (unpaired) electrons. The third-order valence-electron chi connectivity index (χ3n) is 3.42. The molecule has 2 heterocycles. The summed E-state index contributed by atoms with van der Waals surface area (Å²) < 4.78 is 10.8. The molecule has 0 aliphatic heterocycles. The molecule has 0 atom stereocenters. The van der Waals surface area contributed by atoms with Crippen molar-refractivity contribution in [2.75, 3.05) is 0 Å². The van der Waals surface area contributed by atoms with Gasteiger partial charge >= 0.3 is 0 Å². The van der Waals surface area contributed by atoms with E-state index in [1.165, 1.54) is 6.26 Å². The Kier molecular flexibility index (Phi) is 4.86. The van der Waals surface area contributed by atoms with E-state index in [1.807, 2.05) is 49.4 Å². The summed E-state index contributed by atoms with van der Waals surface area (Å²) in [6.07, 6.45) is 3.02. The van der Waals surface area contributed by atoms with E-state index >= 15 is 0 Å². The van der Waals surface area contributed by atoms with Gasteiger partial charge in [0, 0.05) is 6.20 Å². The van der Waals surface area contributed by atoms with Crippen molar-refractivity contribution in [1.29, 1.82) is 0 Å². The third kappa shape index (κ3) is 3.98. The fourth-order valence-corrected chi connectivity index (χ4v) is 2.10. The maximum atomic E-state index is 12.1. The quantitative estimate of drug-likeness (QED) is 0.755. The minimum atomic E-state index is -0.310. The van der Waals surface area contributed by atoms with E-state index in [0.29, 0.717) is 18.2 Å². The van der Waals surface area contributed by atoms with Crippen molar-refractivity contribution in [2.24, 2.45) is 0 Å². The summed E-state index contributed by atoms with van der Waals surface area (Å²) in [5.74, 6) is 0.750. The zero-order chi connectivity index (χ0) is 16.8. The number of hydrogen-bond acceptors (Lipinski definition) is 5. The fraction of sp³-hybridized carbons (Fsp3) is 0.167. The second-order valence-corrected chi connectivity index (χ2v) is 5.18. The number of hydrogen-bond donors (Lipinski definition) is 1. The number of benzene rings is 1. The van der Waals surface area contributed by atoms with Crippen LogP contribution in [0.1, 0.15) is 27.6 Å². The lowest BCUT2D eigenvalue weighted by atomic mass is 10.2. The van der Waals surface area contributed by atoms with Crippen LogP contribution in [0.2, 0.25) is 0 Å². The summed E-state index contributed by atoms with van der Waals surface area (Å²) in [5, 5.41) is 2.78. The number of amides is 1. The Morgan fingerprint density at radius 1 is 1.21 bits per heavy atom. The first-order chi connectivity index (χ1) is 11.7. The zero-order valence-electron chi connectivity index (χ0n) is 13.2. The van der Waals surface area contributed by atoms with Gasteiger partial charge in [0.05, 0.1) is 12.2 Å². The Labute approximate surface area is 139 Å². The molecule has 6 heteroatoms. The van der Waals surface area contributed by atoms with Gasteiger partial charge in [-0.15, -0.1) is 0 Å². The molecule has 2 aromatic heterocycles. The lowest BCUT2D eigenvalue weighted by Crippen LogP contribution is -2.24. The molecule has 3 rings (SSSR count). The number of ether oxygens (including phenoxy) is 1. The van der Waals surface area contributed by atoms with Crippen LogP contribution in [-0.2, 0) is 13.2 Å². The third-order valence-corrected chi connectivity index (χ3v) is 3.42. The van der Waals surface area contributed by atoms with Crippen molar-refractivity contribution in [3.8, 4) is 5.75 Å². The van der Waals surface area contributed by atoms with Crippen LogP contribution in [0.5, 0.6) is 5.75 Å². The maximum Gasteiger partial charge on any atom is 0.273 e. The summed E-state index contributed by atoms with van der Waals surface area (Å²) >= 11 is 0. The highest BCUT2D eigenvalue weighted by atomic mass is 16.5. The van der Waals surface area contributed by atoms with Crippen LogP contribution in [0.3, 0.4) is 0 Å². The number of aromatic nitrogens is 2. The van der Waals surface area contributed by atoms with E-state index in [0.717, 1.165) is 11.3 Å². The van der Waals surface area contributed by atoms with Crippen LogP contribution in [0, 0.1) is 6.92 Å². The second kappa shape index (κ2) is 7.41. The van der Waals surface area contributed by atoms with Crippen LogP contribution < -0.4 is 10.1 Å². The van der Waals surface area contributed by atoms with Crippen molar-refractivity contribution in [3.05, 3.63) is 77.8 Å². The number of rotatable bonds is 6. The number of oxazole rings is 1. The van der Waals surface area contributed by atoms with E-state index < -0.39 is 0 Å². The highest BCUT2D eigenvalue weighted by Crippen LogP contribution is 2.11. The van der Waals surface area contributed by atoms with Gasteiger partial charge in [0.2, 0.25) is 5.89 Å². The predicted octanol–water partition coefficient (Wildman–Crippen LogP) is 2.89. The molecular formula is C18H17N3O3. The number of carbonyl (C=O) groups is 1. The molecule has 0 fully saturated rings. The number of nitrogens with zero attached hydrogens (tertiary/aromatic N) is 2. The highest BCUT2D eigenvalue weighted by Gasteiger charge is 2.13. The molecular weight excluding hydrogens is 306 g/mol. The summed E-state index contributed by atoms with van der Waals surface area (Å²) in [6, 6.07) is 13.1. The Hall–Kier alpha value is -3.15. The molecule has 0 unspecified atom stereocenters. The zero-order valence-corrected chi connectivity index (χ0v) is 13.2. The number of para-hydroxylation sites is 1. The lowest BCUT2D eigenvalue weighted by Gasteiger charge is -2.05. The minimum Gasteiger partial charge on any atom is -0.484 e. The van der Waals surface area contributed by atoms with E-state index in [1.54, 1.807) is 6.20 Å². The second-order valence-electron chi connectivity index (χ2n) is 5.18. The largest absolute Gasteiger partial charge is 0.484 e. The van der Waals surface area contributed by atoms with Crippen LogP contribution in [0.15, 0.2) is 59.3 Å². The minimum absolute atomic E-state index is 0.163. The van der Waals surface area contributed by atoms with Crippen molar-refractivity contribution >= 4 is 5.91 Å². The van der Waals surface area contributed by atoms with Gasteiger partial charge < -0.3 is 14.5 Å². The van der Waals surface area contributed by atoms with E-state index in [2.05, 4.69) is 15.3 Å². The lowest BCUT2D eigenvalue weighted by molar-refractivity contribution is 0.0945. The first kappa shape index (κ1) is 15.7. The van der Waals surface area contributed by atoms with Crippen molar-refractivity contribution in [1.82, 2.24) is 15.3 Å². The average Bonchev–Trinajstić information content (AvgIpc) is 3.09. The highest BCUT2D eigenvalue weighted by molar-refractivity contribution is 5.91. The van der Waals surface area contributed by atoms with Crippen molar-refractivity contribution in [3.63, 3.8) is 0 Å². The molecule has 0 aliphatic carbocycles. The van der Waals surface area contributed by atoms with E-state index in [4.69, 9.17) is 9.15 Å². The van der Waals surface area contributed by atoms with Crippen LogP contribution >= 0.6 is 0 Å². The van der Waals surface area contributed by atoms with Gasteiger partial charge in [0.1, 0.15) is 12.0 Å². The Bertz CT molecular complexity index is 815. The van der Waals surface area contributed by atoms with Crippen molar-refractivity contribution in [2.45, 2.75) is 20.1 Å². The topological polar surface area (TPSA) is 77.2 Å². The normalized spacial score (nSPS) is 10.4. The van der Waals surface area contributed by atoms with Gasteiger partial charge in [0.15, 0.2) is 12.3 Å². The average molecular weight is 323 g/mol. The Morgan fingerprint density at radius 2 is 2.04 bits per heavy atom. The van der Waals surface area contributed by atoms with Gasteiger partial charge in [-0.05, 0) is 30.7 Å². The fourth-order valence-electron chi connectivity index (χ4n) is 2.10. The first-order valence-electron chi connectivity index (χ1n) is 7.53. The first-order valence-corrected chi connectivity index (χ1v) is 7.53. The predicted molar refractivity (Wildman–Crippen MR) is 87.4 cm³/mol. The van der Waals surface area contributed by atoms with Gasteiger partial charge in [-0.2, -0.15) is 0 Å². The van der Waals surface area contributed by atoms with Gasteiger partial charge in [-0.1, -0.05) is 24.3 Å². The monoisotopic (exact) mass is 323 g/mol. The smallest absolute Gasteiger partial charge is 0.273 e. The van der Waals surface area contributed by atoms with Gasteiger partial charge in [-0.25, -0.2) is 4.98 Å². The molecule has 1 N–H and O–H groups in total. The molecule has 6 nitrogen and oxygen atoms in total. The van der Waals surface area contributed by atoms with Crippen molar-refractivity contribution < 1.29 is 13.9 Å². The Morgan fingerprint density at radius 3 is 2.83 bits per heavy atom. The molecule has 3 aromatic rings. The molecule has 0 aliphatic rings. The van der Waals surface area contributed by atoms with Crippen LogP contribution in [-0.4, -0.2) is 15.9 Å². The summed E-state index contributed by atoms with van der Waals surface area (Å²) in [7, 11) is 0. The maximum absolute atomic E-state index is 12.1. The van der Waals surface area contributed by atoms with E-state index in [9.17, 15) is 4.79 Å². The molecule has 1 aromatic carbocycles. The Balaban J connectivity index is 1.55. The number of nitrogens with one attached hydrogen (secondary N) is 1. The van der Waals surface area contributed by atoms with Gasteiger partial charge in [-0.3, -0.25) is 9.78 Å². The molecule has 0 saturated heterocycles. The number of aryl methyl sites for hydroxylation is 1. The van der Waals surface area contributed by atoms with E-state index in [-0.39, 0.29) is 18.2 Å². The van der Waals surface area contributed by atoms with Crippen LogP contribution in [0.4, 0.5) is 0 Å². The summed E-state index contributed by atoms with van der Waals surface area (Å²) in [6.45, 7) is 2.45. The molecule has 1 amide bonds.